The predicted octanol–water partition coefficient (Wildman–Crippen LogP) is 2.82. The van der Waals surface area contributed by atoms with Gasteiger partial charge in [0.2, 0.25) is 0 Å². The highest BCUT2D eigenvalue weighted by molar-refractivity contribution is 8.18. The molecule has 2 heterocycles. The maximum absolute atomic E-state index is 12.1. The standard InChI is InChI=1S/C15H15NO5S/c1-10(2)21-13(17)9-16-14(18)12(22-15(16)19)7-3-5-11-6-4-8-20-11/h3-8,10H,9H2,1-2H3/b5-3+,12-7-. The normalized spacial score (nSPS) is 17.2. The van der Waals surface area contributed by atoms with E-state index in [2.05, 4.69) is 0 Å². The highest BCUT2D eigenvalue weighted by Gasteiger charge is 2.36. The number of thioether (sulfide) groups is 1. The summed E-state index contributed by atoms with van der Waals surface area (Å²) in [5, 5.41) is -0.483. The molecule has 0 unspecified atom stereocenters. The SMILES string of the molecule is CC(C)OC(=O)CN1C(=O)S/C(=C\C=C\c2ccco2)C1=O. The van der Waals surface area contributed by atoms with Crippen molar-refractivity contribution in [2.45, 2.75) is 20.0 Å². The van der Waals surface area contributed by atoms with Crippen LogP contribution in [0.2, 0.25) is 0 Å². The zero-order valence-electron chi connectivity index (χ0n) is 12.1. The number of rotatable bonds is 5. The Kier molecular flexibility index (Phi) is 5.21. The molecule has 1 aromatic heterocycles. The Morgan fingerprint density at radius 3 is 2.86 bits per heavy atom. The number of nitrogens with zero attached hydrogens (tertiary/aromatic N) is 1. The van der Waals surface area contributed by atoms with Crippen molar-refractivity contribution in [2.75, 3.05) is 6.54 Å². The Labute approximate surface area is 131 Å². The maximum atomic E-state index is 12.1. The van der Waals surface area contributed by atoms with E-state index in [1.54, 1.807) is 38.1 Å². The minimum Gasteiger partial charge on any atom is -0.465 e. The number of furan rings is 1. The Hall–Kier alpha value is -2.28. The Morgan fingerprint density at radius 2 is 2.23 bits per heavy atom. The Morgan fingerprint density at radius 1 is 1.45 bits per heavy atom. The van der Waals surface area contributed by atoms with Crippen molar-refractivity contribution < 1.29 is 23.5 Å². The first-order valence-corrected chi connectivity index (χ1v) is 7.44. The molecule has 22 heavy (non-hydrogen) atoms. The van der Waals surface area contributed by atoms with Crippen LogP contribution in [0, 0.1) is 0 Å². The molecule has 6 nitrogen and oxygen atoms in total. The van der Waals surface area contributed by atoms with Crippen LogP contribution in [0.3, 0.4) is 0 Å². The van der Waals surface area contributed by atoms with Gasteiger partial charge in [0.15, 0.2) is 0 Å². The quantitative estimate of drug-likeness (QED) is 0.613. The van der Waals surface area contributed by atoms with Gasteiger partial charge in [0.1, 0.15) is 12.3 Å². The van der Waals surface area contributed by atoms with Gasteiger partial charge in [0.25, 0.3) is 11.1 Å². The van der Waals surface area contributed by atoms with E-state index in [1.165, 1.54) is 12.3 Å². The second-order valence-electron chi connectivity index (χ2n) is 4.70. The molecule has 2 amide bonds. The maximum Gasteiger partial charge on any atom is 0.326 e. The molecule has 0 atom stereocenters. The average Bonchev–Trinajstić information content (AvgIpc) is 3.02. The number of carbonyl (C=O) groups excluding carboxylic acids is 3. The van der Waals surface area contributed by atoms with E-state index in [4.69, 9.17) is 9.15 Å². The molecule has 1 aliphatic rings. The monoisotopic (exact) mass is 321 g/mol. The summed E-state index contributed by atoms with van der Waals surface area (Å²) >= 11 is 0.789. The van der Waals surface area contributed by atoms with Gasteiger partial charge in [-0.05, 0) is 49.9 Å². The van der Waals surface area contributed by atoms with Crippen LogP contribution < -0.4 is 0 Å². The summed E-state index contributed by atoms with van der Waals surface area (Å²) < 4.78 is 10.0. The number of esters is 1. The van der Waals surface area contributed by atoms with Crippen molar-refractivity contribution in [1.29, 1.82) is 0 Å². The molecule has 1 fully saturated rings. The molecule has 7 heteroatoms. The van der Waals surface area contributed by atoms with Crippen molar-refractivity contribution in [3.05, 3.63) is 41.2 Å². The van der Waals surface area contributed by atoms with Crippen molar-refractivity contribution in [2.24, 2.45) is 0 Å². The van der Waals surface area contributed by atoms with E-state index >= 15 is 0 Å². The third-order valence-electron chi connectivity index (χ3n) is 2.58. The fourth-order valence-corrected chi connectivity index (χ4v) is 2.49. The molecular formula is C15H15NO5S. The summed E-state index contributed by atoms with van der Waals surface area (Å²) in [6.45, 7) is 3.03. The lowest BCUT2D eigenvalue weighted by molar-refractivity contribution is -0.149. The molecule has 116 valence electrons. The van der Waals surface area contributed by atoms with Crippen LogP contribution in [0.25, 0.3) is 6.08 Å². The first-order valence-electron chi connectivity index (χ1n) is 6.62. The third-order valence-corrected chi connectivity index (χ3v) is 3.50. The summed E-state index contributed by atoms with van der Waals surface area (Å²) in [6, 6.07) is 3.51. The molecule has 0 N–H and O–H groups in total. The Balaban J connectivity index is 2.00. The number of amides is 2. The molecule has 1 saturated heterocycles. The highest BCUT2D eigenvalue weighted by atomic mass is 32.2. The average molecular weight is 321 g/mol. The molecule has 0 spiro atoms. The van der Waals surface area contributed by atoms with Crippen molar-refractivity contribution >= 4 is 35.0 Å². The number of allylic oxidation sites excluding steroid dienone is 2. The highest BCUT2D eigenvalue weighted by Crippen LogP contribution is 2.30. The fourth-order valence-electron chi connectivity index (χ4n) is 1.70. The minimum atomic E-state index is -0.607. The van der Waals surface area contributed by atoms with Gasteiger partial charge in [-0.2, -0.15) is 0 Å². The second-order valence-corrected chi connectivity index (χ2v) is 5.70. The molecule has 0 aromatic carbocycles. The van der Waals surface area contributed by atoms with Crippen molar-refractivity contribution in [3.63, 3.8) is 0 Å². The smallest absolute Gasteiger partial charge is 0.326 e. The molecule has 1 aromatic rings. The summed E-state index contributed by atoms with van der Waals surface area (Å²) in [6.07, 6.45) is 6.04. The van der Waals surface area contributed by atoms with E-state index in [-0.39, 0.29) is 17.6 Å². The molecule has 1 aliphatic heterocycles. The zero-order valence-corrected chi connectivity index (χ0v) is 13.0. The van der Waals surface area contributed by atoms with Gasteiger partial charge in [0, 0.05) is 0 Å². The van der Waals surface area contributed by atoms with Crippen LogP contribution in [-0.2, 0) is 14.3 Å². The van der Waals surface area contributed by atoms with Gasteiger partial charge in [-0.15, -0.1) is 0 Å². The van der Waals surface area contributed by atoms with Gasteiger partial charge in [-0.3, -0.25) is 19.3 Å². The molecular weight excluding hydrogens is 306 g/mol. The van der Waals surface area contributed by atoms with Crippen LogP contribution in [0.5, 0.6) is 0 Å². The molecule has 0 radical (unpaired) electrons. The van der Waals surface area contributed by atoms with Crippen LogP contribution in [0.1, 0.15) is 19.6 Å². The summed E-state index contributed by atoms with van der Waals surface area (Å²) in [5.41, 5.74) is 0. The molecule has 0 aliphatic carbocycles. The second kappa shape index (κ2) is 7.13. The van der Waals surface area contributed by atoms with Crippen LogP contribution in [0.4, 0.5) is 4.79 Å². The van der Waals surface area contributed by atoms with Crippen LogP contribution in [-0.4, -0.2) is 34.7 Å². The lowest BCUT2D eigenvalue weighted by Gasteiger charge is -2.13. The van der Waals surface area contributed by atoms with Crippen LogP contribution >= 0.6 is 11.8 Å². The van der Waals surface area contributed by atoms with E-state index in [0.717, 1.165) is 16.7 Å². The zero-order chi connectivity index (χ0) is 16.1. The van der Waals surface area contributed by atoms with Crippen molar-refractivity contribution in [1.82, 2.24) is 4.90 Å². The van der Waals surface area contributed by atoms with Gasteiger partial charge in [-0.1, -0.05) is 6.08 Å². The molecule has 0 bridgehead atoms. The van der Waals surface area contributed by atoms with Gasteiger partial charge in [-0.25, -0.2) is 0 Å². The Bertz CT molecular complexity index is 630. The van der Waals surface area contributed by atoms with Crippen molar-refractivity contribution in [3.8, 4) is 0 Å². The predicted molar refractivity (Wildman–Crippen MR) is 81.8 cm³/mol. The van der Waals surface area contributed by atoms with Gasteiger partial charge < -0.3 is 9.15 Å². The fraction of sp³-hybridized carbons (Fsp3) is 0.267. The first kappa shape index (κ1) is 16.1. The molecule has 2 rings (SSSR count). The van der Waals surface area contributed by atoms with E-state index in [9.17, 15) is 14.4 Å². The summed E-state index contributed by atoms with van der Waals surface area (Å²) in [4.78, 5) is 36.6. The van der Waals surface area contributed by atoms with E-state index in [1.807, 2.05) is 0 Å². The lowest BCUT2D eigenvalue weighted by atomic mass is 10.3. The number of ether oxygens (including phenoxy) is 1. The van der Waals surface area contributed by atoms with Gasteiger partial charge >= 0.3 is 5.97 Å². The first-order chi connectivity index (χ1) is 10.5. The van der Waals surface area contributed by atoms with Crippen LogP contribution in [0.15, 0.2) is 39.9 Å². The largest absolute Gasteiger partial charge is 0.465 e. The summed E-state index contributed by atoms with van der Waals surface area (Å²) in [5.74, 6) is -0.472. The minimum absolute atomic E-state index is 0.255. The third kappa shape index (κ3) is 4.11. The molecule has 0 saturated carbocycles. The number of hydrogen-bond acceptors (Lipinski definition) is 6. The topological polar surface area (TPSA) is 76.8 Å². The van der Waals surface area contributed by atoms with Gasteiger partial charge in [0.05, 0.1) is 17.3 Å². The number of imide groups is 1. The van der Waals surface area contributed by atoms with E-state index in [0.29, 0.717) is 5.76 Å². The lowest BCUT2D eigenvalue weighted by Crippen LogP contribution is -2.35. The summed E-state index contributed by atoms with van der Waals surface area (Å²) in [7, 11) is 0. The number of carbonyl (C=O) groups is 3. The number of hydrogen-bond donors (Lipinski definition) is 0. The van der Waals surface area contributed by atoms with E-state index < -0.39 is 17.1 Å².